The molecule has 4 aromatic rings. The van der Waals surface area contributed by atoms with E-state index < -0.39 is 0 Å². The number of benzene rings is 2. The van der Waals surface area contributed by atoms with Gasteiger partial charge in [-0.25, -0.2) is 9.97 Å². The second kappa shape index (κ2) is 11.0. The van der Waals surface area contributed by atoms with Gasteiger partial charge in [0.15, 0.2) is 0 Å². The van der Waals surface area contributed by atoms with Gasteiger partial charge in [0.25, 0.3) is 0 Å². The number of aromatic nitrogens is 2. The number of halogens is 1. The van der Waals surface area contributed by atoms with E-state index in [1.54, 1.807) is 23.7 Å². The van der Waals surface area contributed by atoms with Crippen LogP contribution >= 0.6 is 27.3 Å². The summed E-state index contributed by atoms with van der Waals surface area (Å²) >= 11 is 5.13. The molecule has 0 fully saturated rings. The van der Waals surface area contributed by atoms with Crippen LogP contribution in [0, 0.1) is 6.92 Å². The Morgan fingerprint density at radius 3 is 2.89 bits per heavy atom. The number of fused-ring (bicyclic) bond motifs is 3. The van der Waals surface area contributed by atoms with E-state index in [-0.39, 0.29) is 5.91 Å². The second-order valence-corrected chi connectivity index (χ2v) is 11.2. The number of aryl methyl sites for hydroxylation is 1. The summed E-state index contributed by atoms with van der Waals surface area (Å²) in [6.07, 6.45) is 5.96. The van der Waals surface area contributed by atoms with Crippen LogP contribution in [0.4, 0.5) is 11.5 Å². The molecule has 1 aliphatic heterocycles. The molecule has 1 aliphatic rings. The number of rotatable bonds is 7. The average Bonchev–Trinajstić information content (AvgIpc) is 3.24. The van der Waals surface area contributed by atoms with Crippen molar-refractivity contribution in [2.75, 3.05) is 32.5 Å². The lowest BCUT2D eigenvalue weighted by molar-refractivity contribution is -0.126. The van der Waals surface area contributed by atoms with Crippen molar-refractivity contribution in [1.29, 1.82) is 0 Å². The highest BCUT2D eigenvalue weighted by molar-refractivity contribution is 9.10. The molecular formula is C28H28BrN5O2S. The summed E-state index contributed by atoms with van der Waals surface area (Å²) in [6.45, 7) is 4.05. The fourth-order valence-electron chi connectivity index (χ4n) is 4.32. The molecule has 0 saturated carbocycles. The molecule has 3 heterocycles. The molecule has 0 saturated heterocycles. The normalized spacial score (nSPS) is 13.4. The molecule has 37 heavy (non-hydrogen) atoms. The van der Waals surface area contributed by atoms with E-state index >= 15 is 0 Å². The number of carbonyl (C=O) groups is 1. The molecular weight excluding hydrogens is 550 g/mol. The van der Waals surface area contributed by atoms with Crippen molar-refractivity contribution in [2.24, 2.45) is 0 Å². The Balaban J connectivity index is 1.35. The maximum Gasteiger partial charge on any atom is 0.246 e. The summed E-state index contributed by atoms with van der Waals surface area (Å²) in [5, 5.41) is 4.54. The molecule has 190 valence electrons. The number of anilines is 2. The number of ether oxygens (including phenoxy) is 1. The Morgan fingerprint density at radius 2 is 2.11 bits per heavy atom. The first-order valence-electron chi connectivity index (χ1n) is 12.0. The maximum absolute atomic E-state index is 12.7. The van der Waals surface area contributed by atoms with Crippen LogP contribution in [0.3, 0.4) is 0 Å². The van der Waals surface area contributed by atoms with Gasteiger partial charge < -0.3 is 19.9 Å². The fourth-order valence-corrected chi connectivity index (χ4v) is 5.90. The van der Waals surface area contributed by atoms with E-state index in [9.17, 15) is 4.79 Å². The molecule has 0 aliphatic carbocycles. The smallest absolute Gasteiger partial charge is 0.246 e. The predicted octanol–water partition coefficient (Wildman–Crippen LogP) is 6.30. The van der Waals surface area contributed by atoms with Crippen molar-refractivity contribution in [2.45, 2.75) is 19.9 Å². The van der Waals surface area contributed by atoms with Gasteiger partial charge in [-0.2, -0.15) is 0 Å². The number of nitrogens with zero attached hydrogens (tertiary/aromatic N) is 4. The number of hydrogen-bond acceptors (Lipinski definition) is 7. The first-order valence-corrected chi connectivity index (χ1v) is 13.6. The third-order valence-corrected chi connectivity index (χ3v) is 7.76. The first kappa shape index (κ1) is 25.4. The van der Waals surface area contributed by atoms with Crippen LogP contribution in [0.5, 0.6) is 11.5 Å². The van der Waals surface area contributed by atoms with Crippen LogP contribution in [0.25, 0.3) is 10.2 Å². The summed E-state index contributed by atoms with van der Waals surface area (Å²) in [5.74, 6) is 2.42. The zero-order valence-corrected chi connectivity index (χ0v) is 23.4. The lowest BCUT2D eigenvalue weighted by Crippen LogP contribution is -2.34. The van der Waals surface area contributed by atoms with Crippen molar-refractivity contribution >= 4 is 54.9 Å². The van der Waals surface area contributed by atoms with Gasteiger partial charge in [-0.3, -0.25) is 4.79 Å². The van der Waals surface area contributed by atoms with Crippen molar-refractivity contribution < 1.29 is 9.53 Å². The fraction of sp³-hybridized carbons (Fsp3) is 0.250. The molecule has 0 atom stereocenters. The van der Waals surface area contributed by atoms with E-state index in [4.69, 9.17) is 4.74 Å². The number of amides is 1. The zero-order chi connectivity index (χ0) is 25.9. The van der Waals surface area contributed by atoms with Crippen LogP contribution in [-0.2, 0) is 17.8 Å². The monoisotopic (exact) mass is 577 g/mol. The molecule has 1 amide bonds. The Hall–Kier alpha value is -3.27. The van der Waals surface area contributed by atoms with Crippen LogP contribution < -0.4 is 10.1 Å². The Bertz CT molecular complexity index is 1480. The third-order valence-electron chi connectivity index (χ3n) is 6.14. The molecule has 0 unspecified atom stereocenters. The molecule has 0 spiro atoms. The van der Waals surface area contributed by atoms with Crippen LogP contribution in [0.1, 0.15) is 16.0 Å². The summed E-state index contributed by atoms with van der Waals surface area (Å²) in [5.41, 5.74) is 3.17. The van der Waals surface area contributed by atoms with Gasteiger partial charge in [0.05, 0.1) is 11.9 Å². The van der Waals surface area contributed by atoms with Crippen LogP contribution in [-0.4, -0.2) is 52.9 Å². The molecule has 7 nitrogen and oxygen atoms in total. The lowest BCUT2D eigenvalue weighted by atomic mass is 10.0. The van der Waals surface area contributed by atoms with Crippen molar-refractivity contribution in [3.63, 3.8) is 0 Å². The highest BCUT2D eigenvalue weighted by atomic mass is 79.9. The third kappa shape index (κ3) is 5.84. The van der Waals surface area contributed by atoms with Crippen molar-refractivity contribution in [3.05, 3.63) is 81.4 Å². The van der Waals surface area contributed by atoms with Crippen LogP contribution in [0.15, 0.2) is 65.4 Å². The van der Waals surface area contributed by atoms with Gasteiger partial charge in [-0.15, -0.1) is 11.3 Å². The van der Waals surface area contributed by atoms with Gasteiger partial charge in [-0.05, 0) is 75.0 Å². The molecule has 9 heteroatoms. The lowest BCUT2D eigenvalue weighted by Gasteiger charge is -2.26. The molecule has 2 aromatic heterocycles. The standard InChI is InChI=1S/C28H28BrN5O2S/c1-18-14-20(9-10-23(18)36-21-7-4-6-19(29)15-21)32-27-26-22-11-13-34(25(35)8-5-12-33(2)3)16-24(22)37-28(26)31-17-30-27/h4-10,14-15,17H,11-13,16H2,1-3H3,(H,30,31,32)/b8-5+. The van der Waals surface area contributed by atoms with Gasteiger partial charge in [-0.1, -0.05) is 28.1 Å². The highest BCUT2D eigenvalue weighted by Crippen LogP contribution is 2.38. The predicted molar refractivity (Wildman–Crippen MR) is 153 cm³/mol. The summed E-state index contributed by atoms with van der Waals surface area (Å²) < 4.78 is 7.05. The Morgan fingerprint density at radius 1 is 1.24 bits per heavy atom. The molecule has 0 bridgehead atoms. The number of nitrogens with one attached hydrogen (secondary N) is 1. The number of carbonyl (C=O) groups excluding carboxylic acids is 1. The molecule has 5 rings (SSSR count). The minimum absolute atomic E-state index is 0.0510. The Kier molecular flexibility index (Phi) is 7.55. The number of likely N-dealkylation sites (N-methyl/N-ethyl adjacent to an activating group) is 1. The van der Waals surface area contributed by atoms with Crippen molar-refractivity contribution in [1.82, 2.24) is 19.8 Å². The largest absolute Gasteiger partial charge is 0.457 e. The van der Waals surface area contributed by atoms with E-state index in [0.29, 0.717) is 13.1 Å². The van der Waals surface area contributed by atoms with Crippen molar-refractivity contribution in [3.8, 4) is 11.5 Å². The molecule has 0 radical (unpaired) electrons. The second-order valence-electron chi connectivity index (χ2n) is 9.25. The average molecular weight is 579 g/mol. The van der Waals surface area contributed by atoms with E-state index in [1.807, 2.05) is 73.3 Å². The number of thiophene rings is 1. The topological polar surface area (TPSA) is 70.6 Å². The van der Waals surface area contributed by atoms with Gasteiger partial charge in [0.2, 0.25) is 5.91 Å². The van der Waals surface area contributed by atoms with Gasteiger partial charge >= 0.3 is 0 Å². The SMILES string of the molecule is Cc1cc(Nc2ncnc3sc4c(c23)CCN(C(=O)/C=C/CN(C)C)C4)ccc1Oc1cccc(Br)c1. The molecule has 2 aromatic carbocycles. The molecule has 1 N–H and O–H groups in total. The van der Waals surface area contributed by atoms with E-state index in [2.05, 4.69) is 37.3 Å². The van der Waals surface area contributed by atoms with Crippen LogP contribution in [0.2, 0.25) is 0 Å². The minimum Gasteiger partial charge on any atom is -0.457 e. The maximum atomic E-state index is 12.7. The highest BCUT2D eigenvalue weighted by Gasteiger charge is 2.25. The van der Waals surface area contributed by atoms with E-state index in [1.165, 1.54) is 10.4 Å². The summed E-state index contributed by atoms with van der Waals surface area (Å²) in [6, 6.07) is 13.8. The first-order chi connectivity index (χ1) is 17.9. The number of hydrogen-bond donors (Lipinski definition) is 1. The summed E-state index contributed by atoms with van der Waals surface area (Å²) in [7, 11) is 3.97. The summed E-state index contributed by atoms with van der Waals surface area (Å²) in [4.78, 5) is 27.8. The minimum atomic E-state index is 0.0510. The van der Waals surface area contributed by atoms with Gasteiger partial charge in [0.1, 0.15) is 28.5 Å². The van der Waals surface area contributed by atoms with E-state index in [0.717, 1.165) is 56.2 Å². The zero-order valence-electron chi connectivity index (χ0n) is 21.0. The Labute approximate surface area is 228 Å². The quantitative estimate of drug-likeness (QED) is 0.260. The van der Waals surface area contributed by atoms with Gasteiger partial charge in [0, 0.05) is 34.2 Å².